The minimum Gasteiger partial charge on any atom is -0.362 e. The molecule has 0 aliphatic heterocycles. The first-order chi connectivity index (χ1) is 4.33. The Morgan fingerprint density at radius 1 is 1.78 bits per heavy atom. The van der Waals surface area contributed by atoms with Crippen LogP contribution in [0.4, 0.5) is 0 Å². The van der Waals surface area contributed by atoms with Crippen LogP contribution in [0.5, 0.6) is 0 Å². The number of ether oxygens (including phenoxy) is 1. The summed E-state index contributed by atoms with van der Waals surface area (Å²) in [4.78, 5) is 0. The highest BCUT2D eigenvalue weighted by molar-refractivity contribution is 4.85. The first-order valence-corrected chi connectivity index (χ1v) is 2.68. The highest BCUT2D eigenvalue weighted by Gasteiger charge is 1.90. The molecular formula is C5H9N3O. The lowest BCUT2D eigenvalue weighted by molar-refractivity contribution is 0.119. The van der Waals surface area contributed by atoms with Gasteiger partial charge < -0.3 is 4.74 Å². The van der Waals surface area contributed by atoms with Crippen LogP contribution < -0.4 is 0 Å². The summed E-state index contributed by atoms with van der Waals surface area (Å²) < 4.78 is 6.44. The lowest BCUT2D eigenvalue weighted by Crippen LogP contribution is -1.99. The number of rotatable bonds is 2. The molecule has 9 heavy (non-hydrogen) atoms. The van der Waals surface area contributed by atoms with Crippen LogP contribution in [0.3, 0.4) is 0 Å². The summed E-state index contributed by atoms with van der Waals surface area (Å²) in [5, 5.41) is 7.52. The van der Waals surface area contributed by atoms with E-state index in [4.69, 9.17) is 4.74 Å². The molecule has 1 rings (SSSR count). The van der Waals surface area contributed by atoms with Gasteiger partial charge in [-0.1, -0.05) is 5.21 Å². The first kappa shape index (κ1) is 6.22. The molecule has 0 radical (unpaired) electrons. The third kappa shape index (κ3) is 1.50. The predicted molar refractivity (Wildman–Crippen MR) is 31.8 cm³/mol. The van der Waals surface area contributed by atoms with Gasteiger partial charge in [0.15, 0.2) is 0 Å². The summed E-state index contributed by atoms with van der Waals surface area (Å²) in [6, 6.07) is 0. The monoisotopic (exact) mass is 127 g/mol. The summed E-state index contributed by atoms with van der Waals surface area (Å²) >= 11 is 0. The highest BCUT2D eigenvalue weighted by Crippen LogP contribution is 1.87. The van der Waals surface area contributed by atoms with E-state index >= 15 is 0 Å². The Morgan fingerprint density at radius 2 is 2.56 bits per heavy atom. The lowest BCUT2D eigenvalue weighted by Gasteiger charge is -1.93. The van der Waals surface area contributed by atoms with Crippen molar-refractivity contribution < 1.29 is 4.74 Å². The Bertz CT molecular complexity index is 184. The molecule has 0 aromatic carbocycles. The van der Waals surface area contributed by atoms with Gasteiger partial charge in [0.1, 0.15) is 6.73 Å². The van der Waals surface area contributed by atoms with Crippen molar-refractivity contribution >= 4 is 0 Å². The van der Waals surface area contributed by atoms with E-state index in [1.54, 1.807) is 11.8 Å². The topological polar surface area (TPSA) is 39.9 Å². The number of methoxy groups -OCH3 is 1. The fraction of sp³-hybridized carbons (Fsp3) is 0.600. The SMILES string of the molecule is COCn1cc(C)nn1. The number of nitrogens with zero attached hydrogens (tertiary/aromatic N) is 3. The van der Waals surface area contributed by atoms with E-state index in [0.717, 1.165) is 5.69 Å². The van der Waals surface area contributed by atoms with E-state index in [-0.39, 0.29) is 0 Å². The maximum absolute atomic E-state index is 4.80. The van der Waals surface area contributed by atoms with Crippen molar-refractivity contribution in [2.24, 2.45) is 0 Å². The van der Waals surface area contributed by atoms with Gasteiger partial charge in [-0.15, -0.1) is 5.10 Å². The number of hydrogen-bond acceptors (Lipinski definition) is 3. The quantitative estimate of drug-likeness (QED) is 0.569. The van der Waals surface area contributed by atoms with Gasteiger partial charge in [0.2, 0.25) is 0 Å². The molecule has 50 valence electrons. The average Bonchev–Trinajstić information content (AvgIpc) is 2.17. The second-order valence-corrected chi connectivity index (χ2v) is 1.82. The number of aryl methyl sites for hydroxylation is 1. The zero-order valence-corrected chi connectivity index (χ0v) is 5.53. The van der Waals surface area contributed by atoms with Crippen LogP contribution in [0.2, 0.25) is 0 Å². The van der Waals surface area contributed by atoms with Gasteiger partial charge in [-0.3, -0.25) is 0 Å². The van der Waals surface area contributed by atoms with Gasteiger partial charge in [-0.25, -0.2) is 4.68 Å². The number of aromatic nitrogens is 3. The molecule has 0 unspecified atom stereocenters. The van der Waals surface area contributed by atoms with Crippen LogP contribution in [0, 0.1) is 6.92 Å². The molecule has 0 N–H and O–H groups in total. The molecule has 0 aliphatic carbocycles. The van der Waals surface area contributed by atoms with Crippen molar-refractivity contribution in [2.45, 2.75) is 13.7 Å². The van der Waals surface area contributed by atoms with Crippen molar-refractivity contribution in [3.63, 3.8) is 0 Å². The molecule has 1 aromatic rings. The molecule has 0 fully saturated rings. The minimum absolute atomic E-state index is 0.473. The predicted octanol–water partition coefficient (Wildman–Crippen LogP) is 0.190. The van der Waals surface area contributed by atoms with Crippen molar-refractivity contribution in [3.8, 4) is 0 Å². The third-order valence-electron chi connectivity index (χ3n) is 0.915. The summed E-state index contributed by atoms with van der Waals surface area (Å²) in [6.07, 6.45) is 1.82. The van der Waals surface area contributed by atoms with E-state index in [1.165, 1.54) is 0 Å². The molecule has 0 aliphatic rings. The van der Waals surface area contributed by atoms with Crippen LogP contribution in [0.25, 0.3) is 0 Å². The van der Waals surface area contributed by atoms with E-state index in [9.17, 15) is 0 Å². The molecule has 0 saturated carbocycles. The normalized spacial score (nSPS) is 10.0. The Labute approximate surface area is 53.4 Å². The zero-order valence-electron chi connectivity index (χ0n) is 5.53. The Kier molecular flexibility index (Phi) is 1.79. The van der Waals surface area contributed by atoms with Crippen LogP contribution >= 0.6 is 0 Å². The molecule has 1 heterocycles. The van der Waals surface area contributed by atoms with Crippen LogP contribution in [-0.2, 0) is 11.5 Å². The van der Waals surface area contributed by atoms with Crippen LogP contribution in [0.15, 0.2) is 6.20 Å². The van der Waals surface area contributed by atoms with Crippen molar-refractivity contribution in [2.75, 3.05) is 7.11 Å². The second-order valence-electron chi connectivity index (χ2n) is 1.82. The van der Waals surface area contributed by atoms with Gasteiger partial charge in [0.05, 0.1) is 11.9 Å². The molecule has 0 spiro atoms. The van der Waals surface area contributed by atoms with E-state index in [1.807, 2.05) is 13.1 Å². The highest BCUT2D eigenvalue weighted by atomic mass is 16.5. The molecule has 4 heteroatoms. The zero-order chi connectivity index (χ0) is 6.69. The van der Waals surface area contributed by atoms with Gasteiger partial charge in [-0.05, 0) is 6.92 Å². The Balaban J connectivity index is 2.61. The van der Waals surface area contributed by atoms with Crippen molar-refractivity contribution in [3.05, 3.63) is 11.9 Å². The fourth-order valence-electron chi connectivity index (χ4n) is 0.591. The van der Waals surface area contributed by atoms with E-state index in [2.05, 4.69) is 10.3 Å². The molecule has 0 amide bonds. The maximum Gasteiger partial charge on any atom is 0.140 e. The standard InChI is InChI=1S/C5H9N3O/c1-5-3-8(4-9-2)7-6-5/h3H,4H2,1-2H3. The molecule has 0 atom stereocenters. The Morgan fingerprint density at radius 3 is 3.00 bits per heavy atom. The maximum atomic E-state index is 4.80. The summed E-state index contributed by atoms with van der Waals surface area (Å²) in [7, 11) is 1.62. The van der Waals surface area contributed by atoms with Gasteiger partial charge in [0, 0.05) is 7.11 Å². The first-order valence-electron chi connectivity index (χ1n) is 2.68. The fourth-order valence-corrected chi connectivity index (χ4v) is 0.591. The smallest absolute Gasteiger partial charge is 0.140 e. The molecule has 0 bridgehead atoms. The Hall–Kier alpha value is -0.900. The average molecular weight is 127 g/mol. The number of hydrogen-bond donors (Lipinski definition) is 0. The second kappa shape index (κ2) is 2.59. The van der Waals surface area contributed by atoms with Gasteiger partial charge in [0.25, 0.3) is 0 Å². The van der Waals surface area contributed by atoms with Crippen LogP contribution in [-0.4, -0.2) is 22.1 Å². The minimum atomic E-state index is 0.473. The largest absolute Gasteiger partial charge is 0.362 e. The lowest BCUT2D eigenvalue weighted by atomic mass is 10.6. The third-order valence-corrected chi connectivity index (χ3v) is 0.915. The van der Waals surface area contributed by atoms with Gasteiger partial charge in [-0.2, -0.15) is 0 Å². The van der Waals surface area contributed by atoms with Crippen LogP contribution in [0.1, 0.15) is 5.69 Å². The van der Waals surface area contributed by atoms with Crippen molar-refractivity contribution in [1.82, 2.24) is 15.0 Å². The molecule has 4 nitrogen and oxygen atoms in total. The van der Waals surface area contributed by atoms with E-state index in [0.29, 0.717) is 6.73 Å². The van der Waals surface area contributed by atoms with Crippen molar-refractivity contribution in [1.29, 1.82) is 0 Å². The molecule has 1 aromatic heterocycles. The molecule has 0 saturated heterocycles. The summed E-state index contributed by atoms with van der Waals surface area (Å²) in [5.74, 6) is 0. The summed E-state index contributed by atoms with van der Waals surface area (Å²) in [6.45, 7) is 2.36. The van der Waals surface area contributed by atoms with Gasteiger partial charge >= 0.3 is 0 Å². The van der Waals surface area contributed by atoms with E-state index < -0.39 is 0 Å². The summed E-state index contributed by atoms with van der Waals surface area (Å²) in [5.41, 5.74) is 0.909. The molecular weight excluding hydrogens is 118 g/mol.